The lowest BCUT2D eigenvalue weighted by atomic mass is 10.1. The summed E-state index contributed by atoms with van der Waals surface area (Å²) < 4.78 is 17.1. The molecule has 0 radical (unpaired) electrons. The van der Waals surface area contributed by atoms with Crippen LogP contribution < -0.4 is 19.5 Å². The molecule has 3 aromatic carbocycles. The van der Waals surface area contributed by atoms with E-state index in [1.807, 2.05) is 31.2 Å². The predicted octanol–water partition coefficient (Wildman–Crippen LogP) is 5.85. The van der Waals surface area contributed by atoms with E-state index < -0.39 is 0 Å². The molecule has 4 rings (SSSR count). The van der Waals surface area contributed by atoms with Gasteiger partial charge in [0.05, 0.1) is 18.2 Å². The minimum absolute atomic E-state index is 0.283. The third-order valence-corrected chi connectivity index (χ3v) is 4.68. The maximum atomic E-state index is 12.7. The third-order valence-electron chi connectivity index (χ3n) is 4.40. The number of fused-ring (bicyclic) bond motifs is 1. The van der Waals surface area contributed by atoms with Gasteiger partial charge in [0.15, 0.2) is 11.5 Å². The van der Waals surface area contributed by atoms with E-state index in [1.54, 1.807) is 36.4 Å². The number of hydrogen-bond donors (Lipinski definition) is 1. The average Bonchev–Trinajstić information content (AvgIpc) is 2.95. The van der Waals surface area contributed by atoms with Gasteiger partial charge in [-0.25, -0.2) is 0 Å². The van der Waals surface area contributed by atoms with Crippen molar-refractivity contribution in [3.63, 3.8) is 0 Å². The van der Waals surface area contributed by atoms with Crippen LogP contribution in [0.25, 0.3) is 0 Å². The summed E-state index contributed by atoms with van der Waals surface area (Å²) in [6, 6.07) is 18.2. The second-order valence-electron chi connectivity index (χ2n) is 6.73. The van der Waals surface area contributed by atoms with Gasteiger partial charge in [0, 0.05) is 17.7 Å². The van der Waals surface area contributed by atoms with Gasteiger partial charge in [0.2, 0.25) is 0 Å². The molecule has 1 N–H and O–H groups in total. The monoisotopic (exact) mass is 409 g/mol. The van der Waals surface area contributed by atoms with Crippen molar-refractivity contribution >= 4 is 23.2 Å². The Bertz CT molecular complexity index is 1030. The SMILES string of the molecule is Cc1cccc(Oc2ccc(NC(=O)c3cc(Cl)c4c(c3)OCCCO4)cc2)c1. The Balaban J connectivity index is 1.46. The van der Waals surface area contributed by atoms with Crippen LogP contribution in [0.1, 0.15) is 22.3 Å². The van der Waals surface area contributed by atoms with Crippen molar-refractivity contribution in [3.8, 4) is 23.0 Å². The maximum Gasteiger partial charge on any atom is 0.255 e. The molecule has 0 unspecified atom stereocenters. The van der Waals surface area contributed by atoms with Gasteiger partial charge >= 0.3 is 0 Å². The highest BCUT2D eigenvalue weighted by Gasteiger charge is 2.18. The molecule has 0 saturated carbocycles. The van der Waals surface area contributed by atoms with E-state index in [-0.39, 0.29) is 5.91 Å². The number of halogens is 1. The van der Waals surface area contributed by atoms with E-state index in [0.29, 0.717) is 46.7 Å². The van der Waals surface area contributed by atoms with Crippen LogP contribution in [0, 0.1) is 6.92 Å². The molecule has 1 amide bonds. The van der Waals surface area contributed by atoms with E-state index in [4.69, 9.17) is 25.8 Å². The summed E-state index contributed by atoms with van der Waals surface area (Å²) in [5.41, 5.74) is 2.18. The summed E-state index contributed by atoms with van der Waals surface area (Å²) in [6.45, 7) is 3.07. The third kappa shape index (κ3) is 4.63. The van der Waals surface area contributed by atoms with Gasteiger partial charge in [0.25, 0.3) is 5.91 Å². The number of aryl methyl sites for hydroxylation is 1. The van der Waals surface area contributed by atoms with Crippen LogP contribution in [0.5, 0.6) is 23.0 Å². The first-order valence-corrected chi connectivity index (χ1v) is 9.71. The lowest BCUT2D eigenvalue weighted by molar-refractivity contribution is 0.102. The van der Waals surface area contributed by atoms with Crippen LogP contribution in [-0.2, 0) is 0 Å². The Morgan fingerprint density at radius 1 is 1.00 bits per heavy atom. The molecule has 0 fully saturated rings. The number of anilines is 1. The number of rotatable bonds is 4. The zero-order chi connectivity index (χ0) is 20.2. The number of carbonyl (C=O) groups excluding carboxylic acids is 1. The zero-order valence-electron chi connectivity index (χ0n) is 15.9. The first kappa shape index (κ1) is 19.2. The van der Waals surface area contributed by atoms with Crippen LogP contribution in [0.3, 0.4) is 0 Å². The highest BCUT2D eigenvalue weighted by atomic mass is 35.5. The fourth-order valence-electron chi connectivity index (χ4n) is 2.99. The van der Waals surface area contributed by atoms with Crippen molar-refractivity contribution in [2.24, 2.45) is 0 Å². The molecule has 148 valence electrons. The second kappa shape index (κ2) is 8.45. The summed E-state index contributed by atoms with van der Waals surface area (Å²) in [5.74, 6) is 2.14. The first-order valence-electron chi connectivity index (χ1n) is 9.33. The van der Waals surface area contributed by atoms with Crippen molar-refractivity contribution in [3.05, 3.63) is 76.8 Å². The smallest absolute Gasteiger partial charge is 0.255 e. The lowest BCUT2D eigenvalue weighted by Gasteiger charge is -2.12. The molecule has 1 aliphatic heterocycles. The normalized spacial score (nSPS) is 12.8. The van der Waals surface area contributed by atoms with Gasteiger partial charge in [-0.2, -0.15) is 0 Å². The summed E-state index contributed by atoms with van der Waals surface area (Å²) >= 11 is 6.27. The number of hydrogen-bond acceptors (Lipinski definition) is 4. The topological polar surface area (TPSA) is 56.8 Å². The van der Waals surface area contributed by atoms with Crippen LogP contribution in [-0.4, -0.2) is 19.1 Å². The van der Waals surface area contributed by atoms with Crippen molar-refractivity contribution < 1.29 is 19.0 Å². The molecular weight excluding hydrogens is 390 g/mol. The van der Waals surface area contributed by atoms with Gasteiger partial charge in [-0.1, -0.05) is 23.7 Å². The van der Waals surface area contributed by atoms with Crippen LogP contribution in [0.2, 0.25) is 5.02 Å². The standard InChI is InChI=1S/C23H20ClNO4/c1-15-4-2-5-19(12-15)29-18-8-6-17(7-9-18)25-23(26)16-13-20(24)22-21(14-16)27-10-3-11-28-22/h2,4-9,12-14H,3,10-11H2,1H3,(H,25,26). The molecule has 0 saturated heterocycles. The zero-order valence-corrected chi connectivity index (χ0v) is 16.7. The van der Waals surface area contributed by atoms with Crippen LogP contribution in [0.15, 0.2) is 60.7 Å². The Morgan fingerprint density at radius 2 is 1.79 bits per heavy atom. The van der Waals surface area contributed by atoms with Gasteiger partial charge in [-0.15, -0.1) is 0 Å². The number of nitrogens with one attached hydrogen (secondary N) is 1. The van der Waals surface area contributed by atoms with Crippen LogP contribution in [0.4, 0.5) is 5.69 Å². The molecule has 1 aliphatic rings. The molecule has 0 bridgehead atoms. The first-order chi connectivity index (χ1) is 14.1. The summed E-state index contributed by atoms with van der Waals surface area (Å²) in [4.78, 5) is 12.7. The van der Waals surface area contributed by atoms with E-state index in [0.717, 1.165) is 17.7 Å². The van der Waals surface area contributed by atoms with Gasteiger partial charge in [0.1, 0.15) is 11.5 Å². The second-order valence-corrected chi connectivity index (χ2v) is 7.14. The number of amides is 1. The fourth-order valence-corrected chi connectivity index (χ4v) is 3.25. The molecule has 3 aromatic rings. The van der Waals surface area contributed by atoms with Gasteiger partial charge in [-0.3, -0.25) is 4.79 Å². The molecule has 1 heterocycles. The van der Waals surface area contributed by atoms with Crippen LogP contribution >= 0.6 is 11.6 Å². The van der Waals surface area contributed by atoms with Crippen molar-refractivity contribution in [1.29, 1.82) is 0 Å². The summed E-state index contributed by atoms with van der Waals surface area (Å²) in [5, 5.41) is 3.22. The van der Waals surface area contributed by atoms with Crippen molar-refractivity contribution in [2.45, 2.75) is 13.3 Å². The largest absolute Gasteiger partial charge is 0.489 e. The number of ether oxygens (including phenoxy) is 3. The molecule has 0 spiro atoms. The minimum Gasteiger partial charge on any atom is -0.489 e. The highest BCUT2D eigenvalue weighted by Crippen LogP contribution is 2.38. The Hall–Kier alpha value is -3.18. The van der Waals surface area contributed by atoms with Crippen molar-refractivity contribution in [2.75, 3.05) is 18.5 Å². The summed E-state index contributed by atoms with van der Waals surface area (Å²) in [6.07, 6.45) is 0.767. The predicted molar refractivity (Wildman–Crippen MR) is 113 cm³/mol. The van der Waals surface area contributed by atoms with Gasteiger partial charge < -0.3 is 19.5 Å². The number of carbonyl (C=O) groups is 1. The highest BCUT2D eigenvalue weighted by molar-refractivity contribution is 6.32. The minimum atomic E-state index is -0.283. The maximum absolute atomic E-state index is 12.7. The number of benzene rings is 3. The lowest BCUT2D eigenvalue weighted by Crippen LogP contribution is -2.12. The quantitative estimate of drug-likeness (QED) is 0.586. The molecule has 0 atom stereocenters. The molecular formula is C23H20ClNO4. The average molecular weight is 410 g/mol. The Morgan fingerprint density at radius 3 is 2.59 bits per heavy atom. The molecule has 5 nitrogen and oxygen atoms in total. The Labute approximate surface area is 174 Å². The fraction of sp³-hybridized carbons (Fsp3) is 0.174. The Kier molecular flexibility index (Phi) is 5.58. The van der Waals surface area contributed by atoms with Crippen molar-refractivity contribution in [1.82, 2.24) is 0 Å². The molecule has 0 aliphatic carbocycles. The molecule has 29 heavy (non-hydrogen) atoms. The van der Waals surface area contributed by atoms with E-state index in [9.17, 15) is 4.79 Å². The van der Waals surface area contributed by atoms with E-state index >= 15 is 0 Å². The summed E-state index contributed by atoms with van der Waals surface area (Å²) in [7, 11) is 0. The molecule has 0 aromatic heterocycles. The van der Waals surface area contributed by atoms with E-state index in [2.05, 4.69) is 5.32 Å². The van der Waals surface area contributed by atoms with E-state index in [1.165, 1.54) is 0 Å². The van der Waals surface area contributed by atoms with Gasteiger partial charge in [-0.05, 0) is 61.0 Å². The molecule has 6 heteroatoms.